The summed E-state index contributed by atoms with van der Waals surface area (Å²) in [5.74, 6) is -0.357. The number of nitrogens with zero attached hydrogens (tertiary/aromatic N) is 4. The van der Waals surface area contributed by atoms with E-state index in [2.05, 4.69) is 9.72 Å². The highest BCUT2D eigenvalue weighted by molar-refractivity contribution is 6.00. The first kappa shape index (κ1) is 23.8. The van der Waals surface area contributed by atoms with Gasteiger partial charge in [0, 0.05) is 57.2 Å². The fraction of sp³-hybridized carbons (Fsp3) is 0.458. The molecule has 182 valence electrons. The molecular weight excluding hydrogens is 449 g/mol. The van der Waals surface area contributed by atoms with Gasteiger partial charge in [0.2, 0.25) is 5.91 Å². The molecule has 2 saturated heterocycles. The third-order valence-corrected chi connectivity index (χ3v) is 6.64. The van der Waals surface area contributed by atoms with E-state index in [4.69, 9.17) is 0 Å². The first-order valence-electron chi connectivity index (χ1n) is 11.2. The second-order valence-electron chi connectivity index (χ2n) is 8.79. The van der Waals surface area contributed by atoms with Crippen LogP contribution in [0.2, 0.25) is 0 Å². The second kappa shape index (κ2) is 9.52. The minimum Gasteiger partial charge on any atom is -0.406 e. The lowest BCUT2D eigenvalue weighted by molar-refractivity contribution is -0.274. The molecule has 2 aliphatic rings. The first-order valence-corrected chi connectivity index (χ1v) is 11.2. The van der Waals surface area contributed by atoms with Crippen molar-refractivity contribution in [2.75, 3.05) is 38.1 Å². The highest BCUT2D eigenvalue weighted by Crippen LogP contribution is 2.43. The number of carbonyl (C=O) groups excluding carboxylic acids is 2. The van der Waals surface area contributed by atoms with Gasteiger partial charge in [0.15, 0.2) is 0 Å². The van der Waals surface area contributed by atoms with Crippen molar-refractivity contribution in [1.29, 1.82) is 0 Å². The van der Waals surface area contributed by atoms with E-state index in [0.717, 1.165) is 5.69 Å². The molecule has 0 unspecified atom stereocenters. The molecule has 4 rings (SSSR count). The summed E-state index contributed by atoms with van der Waals surface area (Å²) in [6.45, 7) is 2.03. The van der Waals surface area contributed by atoms with E-state index in [1.54, 1.807) is 27.9 Å². The fourth-order valence-electron chi connectivity index (χ4n) is 4.65. The van der Waals surface area contributed by atoms with Gasteiger partial charge in [-0.3, -0.25) is 9.78 Å². The van der Waals surface area contributed by atoms with Crippen molar-refractivity contribution in [2.45, 2.75) is 32.0 Å². The summed E-state index contributed by atoms with van der Waals surface area (Å²) in [4.78, 5) is 35.5. The number of alkyl halides is 3. The van der Waals surface area contributed by atoms with Gasteiger partial charge in [-0.1, -0.05) is 6.07 Å². The van der Waals surface area contributed by atoms with E-state index in [1.165, 1.54) is 24.3 Å². The number of pyridine rings is 1. The Morgan fingerprint density at radius 2 is 1.76 bits per heavy atom. The largest absolute Gasteiger partial charge is 0.573 e. The minimum atomic E-state index is -4.76. The lowest BCUT2D eigenvalue weighted by Gasteiger charge is -2.39. The predicted molar refractivity (Wildman–Crippen MR) is 119 cm³/mol. The van der Waals surface area contributed by atoms with Gasteiger partial charge >= 0.3 is 12.4 Å². The molecule has 34 heavy (non-hydrogen) atoms. The van der Waals surface area contributed by atoms with Gasteiger partial charge in [-0.2, -0.15) is 0 Å². The predicted octanol–water partition coefficient (Wildman–Crippen LogP) is 4.09. The Morgan fingerprint density at radius 1 is 1.09 bits per heavy atom. The molecule has 2 fully saturated rings. The molecule has 0 saturated carbocycles. The first-order chi connectivity index (χ1) is 16.2. The smallest absolute Gasteiger partial charge is 0.406 e. The Kier molecular flexibility index (Phi) is 6.67. The average molecular weight is 476 g/mol. The quantitative estimate of drug-likeness (QED) is 0.652. The number of hydrogen-bond acceptors (Lipinski definition) is 4. The maximum Gasteiger partial charge on any atom is 0.573 e. The normalized spacial score (nSPS) is 17.8. The summed E-state index contributed by atoms with van der Waals surface area (Å²) in [5, 5.41) is 0. The molecule has 2 aromatic rings. The van der Waals surface area contributed by atoms with Crippen LogP contribution in [0.4, 0.5) is 23.7 Å². The molecular formula is C24H27F3N4O3. The Bertz CT molecular complexity index is 1010. The Balaban J connectivity index is 1.31. The number of carbonyl (C=O) groups is 2. The third kappa shape index (κ3) is 5.26. The van der Waals surface area contributed by atoms with Crippen molar-refractivity contribution in [3.63, 3.8) is 0 Å². The highest BCUT2D eigenvalue weighted by Gasteiger charge is 2.49. The fourth-order valence-corrected chi connectivity index (χ4v) is 4.65. The number of hydrogen-bond donors (Lipinski definition) is 0. The molecule has 0 bridgehead atoms. The summed E-state index contributed by atoms with van der Waals surface area (Å²) >= 11 is 0. The molecule has 10 heteroatoms. The summed E-state index contributed by atoms with van der Waals surface area (Å²) in [6.07, 6.45) is -0.569. The maximum atomic E-state index is 13.3. The number of likely N-dealkylation sites (tertiary alicyclic amines) is 1. The van der Waals surface area contributed by atoms with Crippen molar-refractivity contribution in [3.8, 4) is 5.75 Å². The molecule has 1 aromatic carbocycles. The van der Waals surface area contributed by atoms with Crippen LogP contribution in [0.15, 0.2) is 48.7 Å². The Hall–Kier alpha value is -3.30. The molecule has 7 nitrogen and oxygen atoms in total. The topological polar surface area (TPSA) is 66.0 Å². The van der Waals surface area contributed by atoms with Gasteiger partial charge in [-0.25, -0.2) is 4.79 Å². The van der Waals surface area contributed by atoms with E-state index in [9.17, 15) is 22.8 Å². The number of halogens is 3. The molecule has 0 aliphatic carbocycles. The number of anilines is 1. The summed E-state index contributed by atoms with van der Waals surface area (Å²) in [7, 11) is 1.77. The molecule has 1 aromatic heterocycles. The molecule has 3 heterocycles. The van der Waals surface area contributed by atoms with Crippen LogP contribution in [0.3, 0.4) is 0 Å². The number of likely N-dealkylation sites (N-methyl/N-ethyl adjacent to an activating group) is 1. The number of piperidine rings is 1. The number of amides is 3. The van der Waals surface area contributed by atoms with Crippen molar-refractivity contribution >= 4 is 17.6 Å². The van der Waals surface area contributed by atoms with Crippen LogP contribution in [0, 0.1) is 5.41 Å². The molecule has 0 radical (unpaired) electrons. The summed E-state index contributed by atoms with van der Waals surface area (Å²) in [6, 6.07) is 11.0. The van der Waals surface area contributed by atoms with E-state index >= 15 is 0 Å². The van der Waals surface area contributed by atoms with Crippen LogP contribution in [-0.4, -0.2) is 66.3 Å². The minimum absolute atomic E-state index is 0.0346. The van der Waals surface area contributed by atoms with Crippen molar-refractivity contribution in [3.05, 3.63) is 54.4 Å². The number of aromatic nitrogens is 1. The molecule has 3 amide bonds. The lowest BCUT2D eigenvalue weighted by atomic mass is 9.77. The molecule has 0 N–H and O–H groups in total. The standard InChI is InChI=1S/C24H27F3N4O3/c1-29(14-9-18-4-2-3-13-28-18)22(33)30-15-10-23(11-16-30)12-17-31(21(23)32)19-5-7-20(8-6-19)34-24(25,26)27/h2-8,13H,9-12,14-17H2,1H3. The van der Waals surface area contributed by atoms with Crippen molar-refractivity contribution in [1.82, 2.24) is 14.8 Å². The summed E-state index contributed by atoms with van der Waals surface area (Å²) in [5.41, 5.74) is 0.934. The Labute approximate surface area is 196 Å². The van der Waals surface area contributed by atoms with E-state index in [-0.39, 0.29) is 17.7 Å². The zero-order valence-corrected chi connectivity index (χ0v) is 18.9. The zero-order valence-electron chi connectivity index (χ0n) is 18.9. The maximum absolute atomic E-state index is 13.3. The van der Waals surface area contributed by atoms with Crippen molar-refractivity contribution < 1.29 is 27.5 Å². The van der Waals surface area contributed by atoms with Gasteiger partial charge in [-0.05, 0) is 55.7 Å². The van der Waals surface area contributed by atoms with Gasteiger partial charge in [0.25, 0.3) is 0 Å². The molecule has 1 spiro atoms. The molecule has 0 atom stereocenters. The third-order valence-electron chi connectivity index (χ3n) is 6.64. The number of benzene rings is 1. The van der Waals surface area contributed by atoms with Gasteiger partial charge in [0.05, 0.1) is 5.41 Å². The Morgan fingerprint density at radius 3 is 2.38 bits per heavy atom. The van der Waals surface area contributed by atoms with Crippen LogP contribution in [0.1, 0.15) is 25.0 Å². The van der Waals surface area contributed by atoms with Crippen LogP contribution < -0.4 is 9.64 Å². The van der Waals surface area contributed by atoms with Crippen LogP contribution in [0.25, 0.3) is 0 Å². The second-order valence-corrected chi connectivity index (χ2v) is 8.79. The highest BCUT2D eigenvalue weighted by atomic mass is 19.4. The van der Waals surface area contributed by atoms with Gasteiger partial charge in [-0.15, -0.1) is 13.2 Å². The summed E-state index contributed by atoms with van der Waals surface area (Å²) < 4.78 is 41.1. The number of urea groups is 1. The van der Waals surface area contributed by atoms with Crippen LogP contribution >= 0.6 is 0 Å². The SMILES string of the molecule is CN(CCc1ccccn1)C(=O)N1CCC2(CC1)CCN(c1ccc(OC(F)(F)F)cc1)C2=O. The van der Waals surface area contributed by atoms with Crippen LogP contribution in [-0.2, 0) is 11.2 Å². The van der Waals surface area contributed by atoms with Gasteiger partial charge in [0.1, 0.15) is 5.75 Å². The van der Waals surface area contributed by atoms with Crippen LogP contribution in [0.5, 0.6) is 5.75 Å². The monoisotopic (exact) mass is 476 g/mol. The number of ether oxygens (including phenoxy) is 1. The van der Waals surface area contributed by atoms with E-state index in [1.807, 2.05) is 18.2 Å². The van der Waals surface area contributed by atoms with Gasteiger partial charge < -0.3 is 19.4 Å². The molecule has 2 aliphatic heterocycles. The van der Waals surface area contributed by atoms with E-state index in [0.29, 0.717) is 57.5 Å². The van der Waals surface area contributed by atoms with Crippen molar-refractivity contribution in [2.24, 2.45) is 5.41 Å². The average Bonchev–Trinajstić information content (AvgIpc) is 3.13. The lowest BCUT2D eigenvalue weighted by Crippen LogP contribution is -2.50. The number of rotatable bonds is 5. The van der Waals surface area contributed by atoms with E-state index < -0.39 is 11.8 Å². The zero-order chi connectivity index (χ0) is 24.3.